The molecule has 0 saturated heterocycles. The molecular weight excluding hydrogens is 392 g/mol. The van der Waals surface area contributed by atoms with Gasteiger partial charge in [0, 0.05) is 23.2 Å². The number of ether oxygens (including phenoxy) is 1. The highest BCUT2D eigenvalue weighted by Crippen LogP contribution is 2.37. The van der Waals surface area contributed by atoms with E-state index in [1.807, 2.05) is 39.0 Å². The Hall–Kier alpha value is -3.21. The zero-order chi connectivity index (χ0) is 22.0. The van der Waals surface area contributed by atoms with Crippen LogP contribution in [0.3, 0.4) is 0 Å². The van der Waals surface area contributed by atoms with Gasteiger partial charge in [0.15, 0.2) is 0 Å². The number of hydrogen-bond acceptors (Lipinski definition) is 7. The van der Waals surface area contributed by atoms with Gasteiger partial charge in [0.25, 0.3) is 5.89 Å². The molecule has 160 valence electrons. The molecular formula is C24H26N4O3. The standard InChI is InChI=1S/C24H26N4O3/c1-14(2)30-22-10-7-16(11-17(22)12-25)24-27-23(28-31-24)20-6-4-5-19-18(20)8-9-21(19)26-15(3)13-29/h4-7,10-11,14-15,21,26,29H,8-9,13H2,1-3H3/t15?,21-/m1/s1. The van der Waals surface area contributed by atoms with Gasteiger partial charge in [-0.3, -0.25) is 0 Å². The number of aliphatic hydroxyl groups is 1. The summed E-state index contributed by atoms with van der Waals surface area (Å²) in [6.07, 6.45) is 1.85. The van der Waals surface area contributed by atoms with E-state index >= 15 is 0 Å². The van der Waals surface area contributed by atoms with E-state index in [2.05, 4.69) is 27.6 Å². The molecule has 0 radical (unpaired) electrons. The molecule has 0 fully saturated rings. The molecule has 31 heavy (non-hydrogen) atoms. The molecule has 7 nitrogen and oxygen atoms in total. The molecule has 2 aromatic carbocycles. The molecule has 2 atom stereocenters. The quantitative estimate of drug-likeness (QED) is 0.597. The third kappa shape index (κ3) is 4.31. The molecule has 1 unspecified atom stereocenters. The van der Waals surface area contributed by atoms with Crippen molar-refractivity contribution in [3.8, 4) is 34.7 Å². The van der Waals surface area contributed by atoms with Gasteiger partial charge in [-0.2, -0.15) is 10.2 Å². The van der Waals surface area contributed by atoms with E-state index in [1.54, 1.807) is 12.1 Å². The van der Waals surface area contributed by atoms with Gasteiger partial charge in [-0.1, -0.05) is 23.4 Å². The summed E-state index contributed by atoms with van der Waals surface area (Å²) in [4.78, 5) is 4.61. The van der Waals surface area contributed by atoms with E-state index in [4.69, 9.17) is 9.26 Å². The zero-order valence-electron chi connectivity index (χ0n) is 17.9. The first-order valence-corrected chi connectivity index (χ1v) is 10.5. The van der Waals surface area contributed by atoms with E-state index in [0.29, 0.717) is 28.6 Å². The number of nitriles is 1. The maximum Gasteiger partial charge on any atom is 0.258 e. The van der Waals surface area contributed by atoms with Crippen molar-refractivity contribution in [2.75, 3.05) is 6.61 Å². The van der Waals surface area contributed by atoms with Crippen LogP contribution >= 0.6 is 0 Å². The number of benzene rings is 2. The molecule has 7 heteroatoms. The Morgan fingerprint density at radius 2 is 2.13 bits per heavy atom. The molecule has 0 amide bonds. The van der Waals surface area contributed by atoms with E-state index in [-0.39, 0.29) is 24.8 Å². The van der Waals surface area contributed by atoms with Crippen LogP contribution in [-0.2, 0) is 6.42 Å². The lowest BCUT2D eigenvalue weighted by molar-refractivity contribution is 0.240. The predicted molar refractivity (Wildman–Crippen MR) is 116 cm³/mol. The first-order valence-electron chi connectivity index (χ1n) is 10.5. The molecule has 1 aliphatic rings. The maximum atomic E-state index is 9.48. The smallest absolute Gasteiger partial charge is 0.258 e. The highest BCUT2D eigenvalue weighted by atomic mass is 16.5. The lowest BCUT2D eigenvalue weighted by Gasteiger charge is -2.18. The zero-order valence-corrected chi connectivity index (χ0v) is 17.9. The van der Waals surface area contributed by atoms with Crippen molar-refractivity contribution in [2.45, 2.75) is 51.8 Å². The van der Waals surface area contributed by atoms with Crippen LogP contribution in [0.2, 0.25) is 0 Å². The number of nitrogens with one attached hydrogen (secondary N) is 1. The Morgan fingerprint density at radius 3 is 2.87 bits per heavy atom. The summed E-state index contributed by atoms with van der Waals surface area (Å²) >= 11 is 0. The van der Waals surface area contributed by atoms with Crippen molar-refractivity contribution < 1.29 is 14.4 Å². The Labute approximate surface area is 181 Å². The first-order chi connectivity index (χ1) is 15.0. The largest absolute Gasteiger partial charge is 0.490 e. The van der Waals surface area contributed by atoms with Crippen LogP contribution in [0.4, 0.5) is 0 Å². The van der Waals surface area contributed by atoms with Gasteiger partial charge in [-0.15, -0.1) is 0 Å². The fourth-order valence-corrected chi connectivity index (χ4v) is 3.99. The van der Waals surface area contributed by atoms with E-state index in [9.17, 15) is 10.4 Å². The fourth-order valence-electron chi connectivity index (χ4n) is 3.99. The van der Waals surface area contributed by atoms with Gasteiger partial charge < -0.3 is 19.7 Å². The van der Waals surface area contributed by atoms with Gasteiger partial charge in [0.2, 0.25) is 5.82 Å². The van der Waals surface area contributed by atoms with Crippen molar-refractivity contribution in [3.63, 3.8) is 0 Å². The second-order valence-corrected chi connectivity index (χ2v) is 8.13. The van der Waals surface area contributed by atoms with Gasteiger partial charge in [-0.25, -0.2) is 0 Å². The molecule has 1 heterocycles. The third-order valence-corrected chi connectivity index (χ3v) is 5.41. The van der Waals surface area contributed by atoms with E-state index in [0.717, 1.165) is 18.4 Å². The van der Waals surface area contributed by atoms with Crippen LogP contribution in [0.15, 0.2) is 40.9 Å². The number of rotatable bonds is 7. The number of fused-ring (bicyclic) bond motifs is 1. The summed E-state index contributed by atoms with van der Waals surface area (Å²) in [5.41, 5.74) is 4.48. The highest BCUT2D eigenvalue weighted by Gasteiger charge is 2.27. The van der Waals surface area contributed by atoms with Gasteiger partial charge in [0.1, 0.15) is 11.8 Å². The van der Waals surface area contributed by atoms with Crippen LogP contribution < -0.4 is 10.1 Å². The van der Waals surface area contributed by atoms with Crippen molar-refractivity contribution >= 4 is 0 Å². The molecule has 1 aromatic heterocycles. The Kier molecular flexibility index (Phi) is 6.03. The maximum absolute atomic E-state index is 9.48. The average Bonchev–Trinajstić information content (AvgIpc) is 3.41. The number of hydrogen-bond donors (Lipinski definition) is 2. The third-order valence-electron chi connectivity index (χ3n) is 5.41. The molecule has 0 bridgehead atoms. The topological polar surface area (TPSA) is 104 Å². The van der Waals surface area contributed by atoms with Gasteiger partial charge >= 0.3 is 0 Å². The average molecular weight is 418 g/mol. The SMILES string of the molecule is CC(CO)N[C@@H]1CCc2c(-c3noc(-c4ccc(OC(C)C)c(C#N)c4)n3)cccc21. The predicted octanol–water partition coefficient (Wildman–Crippen LogP) is 4.02. The Balaban J connectivity index is 1.63. The molecule has 0 aliphatic heterocycles. The van der Waals surface area contributed by atoms with Crippen molar-refractivity contribution in [1.82, 2.24) is 15.5 Å². The summed E-state index contributed by atoms with van der Waals surface area (Å²) in [5.74, 6) is 1.43. The monoisotopic (exact) mass is 418 g/mol. The van der Waals surface area contributed by atoms with Crippen molar-refractivity contribution in [3.05, 3.63) is 53.1 Å². The number of aliphatic hydroxyl groups excluding tert-OH is 1. The lowest BCUT2D eigenvalue weighted by Crippen LogP contribution is -2.32. The number of aromatic nitrogens is 2. The minimum absolute atomic E-state index is 0.0215. The van der Waals surface area contributed by atoms with E-state index in [1.165, 1.54) is 11.1 Å². The van der Waals surface area contributed by atoms with Crippen LogP contribution in [0.25, 0.3) is 22.8 Å². The normalized spacial score (nSPS) is 16.2. The molecule has 4 rings (SSSR count). The summed E-state index contributed by atoms with van der Waals surface area (Å²) in [6.45, 7) is 5.91. The Bertz CT molecular complexity index is 1120. The molecule has 0 spiro atoms. The van der Waals surface area contributed by atoms with Gasteiger partial charge in [0.05, 0.1) is 18.3 Å². The van der Waals surface area contributed by atoms with E-state index < -0.39 is 0 Å². The van der Waals surface area contributed by atoms with Crippen LogP contribution in [0, 0.1) is 11.3 Å². The molecule has 0 saturated carbocycles. The lowest BCUT2D eigenvalue weighted by atomic mass is 10.0. The second-order valence-electron chi connectivity index (χ2n) is 8.13. The van der Waals surface area contributed by atoms with Crippen LogP contribution in [-0.4, -0.2) is 34.0 Å². The summed E-state index contributed by atoms with van der Waals surface area (Å²) in [7, 11) is 0. The minimum atomic E-state index is -0.0215. The van der Waals surface area contributed by atoms with Crippen molar-refractivity contribution in [1.29, 1.82) is 5.26 Å². The minimum Gasteiger partial charge on any atom is -0.490 e. The number of nitrogens with zero attached hydrogens (tertiary/aromatic N) is 3. The molecule has 2 N–H and O–H groups in total. The summed E-state index contributed by atoms with van der Waals surface area (Å²) in [5, 5.41) is 26.5. The fraction of sp³-hybridized carbons (Fsp3) is 0.375. The van der Waals surface area contributed by atoms with Crippen molar-refractivity contribution in [2.24, 2.45) is 0 Å². The first kappa shape index (κ1) is 21.0. The highest BCUT2D eigenvalue weighted by molar-refractivity contribution is 5.67. The second kappa shape index (κ2) is 8.88. The Morgan fingerprint density at radius 1 is 1.29 bits per heavy atom. The molecule has 1 aliphatic carbocycles. The van der Waals surface area contributed by atoms with Crippen LogP contribution in [0.1, 0.15) is 49.9 Å². The molecule has 3 aromatic rings. The summed E-state index contributed by atoms with van der Waals surface area (Å²) < 4.78 is 11.2. The summed E-state index contributed by atoms with van der Waals surface area (Å²) in [6, 6.07) is 13.8. The van der Waals surface area contributed by atoms with Gasteiger partial charge in [-0.05, 0) is 62.9 Å². The van der Waals surface area contributed by atoms with Crippen LogP contribution in [0.5, 0.6) is 5.75 Å².